The summed E-state index contributed by atoms with van der Waals surface area (Å²) in [5.41, 5.74) is 1.22. The van der Waals surface area contributed by atoms with E-state index in [4.69, 9.17) is 9.72 Å². The molecule has 29 heavy (non-hydrogen) atoms. The average molecular weight is 411 g/mol. The number of hydrogen-bond acceptors (Lipinski definition) is 5. The molecule has 1 aromatic heterocycles. The van der Waals surface area contributed by atoms with E-state index >= 15 is 0 Å². The number of ether oxygens (including phenoxy) is 1. The van der Waals surface area contributed by atoms with Crippen molar-refractivity contribution in [3.8, 4) is 5.75 Å². The zero-order valence-electron chi connectivity index (χ0n) is 17.2. The first-order chi connectivity index (χ1) is 13.9. The average Bonchev–Trinajstić information content (AvgIpc) is 2.72. The van der Waals surface area contributed by atoms with Crippen molar-refractivity contribution in [3.63, 3.8) is 0 Å². The zero-order chi connectivity index (χ0) is 21.0. The SMILES string of the molecule is COc1ccc(C(=O)[C@H](C)Sc2nc3ccccc3c(=O)n2CCC(C)C)cc1. The number of ketones is 1. The molecule has 0 bridgehead atoms. The molecule has 0 saturated carbocycles. The number of carbonyl (C=O) groups excluding carboxylic acids is 1. The molecule has 2 aromatic carbocycles. The van der Waals surface area contributed by atoms with E-state index in [2.05, 4.69) is 13.8 Å². The van der Waals surface area contributed by atoms with Gasteiger partial charge >= 0.3 is 0 Å². The van der Waals surface area contributed by atoms with Gasteiger partial charge in [0.1, 0.15) is 5.75 Å². The Morgan fingerprint density at radius 1 is 1.10 bits per heavy atom. The van der Waals surface area contributed by atoms with Crippen LogP contribution in [0.3, 0.4) is 0 Å². The summed E-state index contributed by atoms with van der Waals surface area (Å²) in [4.78, 5) is 30.7. The van der Waals surface area contributed by atoms with Gasteiger partial charge in [-0.25, -0.2) is 4.98 Å². The van der Waals surface area contributed by atoms with Crippen molar-refractivity contribution in [3.05, 3.63) is 64.4 Å². The molecule has 0 saturated heterocycles. The molecule has 0 spiro atoms. The fraction of sp³-hybridized carbons (Fsp3) is 0.348. The van der Waals surface area contributed by atoms with Crippen LogP contribution in [0.2, 0.25) is 0 Å². The van der Waals surface area contributed by atoms with Crippen LogP contribution in [0.15, 0.2) is 58.5 Å². The van der Waals surface area contributed by atoms with E-state index < -0.39 is 0 Å². The molecule has 0 amide bonds. The number of hydrogen-bond donors (Lipinski definition) is 0. The molecule has 3 aromatic rings. The van der Waals surface area contributed by atoms with Gasteiger partial charge in [-0.15, -0.1) is 0 Å². The summed E-state index contributed by atoms with van der Waals surface area (Å²) in [6.45, 7) is 6.69. The van der Waals surface area contributed by atoms with E-state index in [1.54, 1.807) is 42.0 Å². The van der Waals surface area contributed by atoms with Crippen LogP contribution >= 0.6 is 11.8 Å². The molecule has 0 aliphatic heterocycles. The van der Waals surface area contributed by atoms with Gasteiger partial charge in [0.05, 0.1) is 23.3 Å². The molecule has 1 atom stereocenters. The Balaban J connectivity index is 1.93. The normalized spacial score (nSPS) is 12.3. The van der Waals surface area contributed by atoms with Gasteiger partial charge in [-0.3, -0.25) is 14.2 Å². The van der Waals surface area contributed by atoms with Crippen molar-refractivity contribution in [2.75, 3.05) is 7.11 Å². The molecule has 0 N–H and O–H groups in total. The number of thioether (sulfide) groups is 1. The largest absolute Gasteiger partial charge is 0.497 e. The lowest BCUT2D eigenvalue weighted by molar-refractivity contribution is 0.0993. The topological polar surface area (TPSA) is 61.2 Å². The number of nitrogens with zero attached hydrogens (tertiary/aromatic N) is 2. The minimum Gasteiger partial charge on any atom is -0.497 e. The van der Waals surface area contributed by atoms with Crippen LogP contribution in [0, 0.1) is 5.92 Å². The van der Waals surface area contributed by atoms with Crippen molar-refractivity contribution in [1.29, 1.82) is 0 Å². The molecule has 6 heteroatoms. The van der Waals surface area contributed by atoms with Gasteiger partial charge in [-0.1, -0.05) is 37.7 Å². The van der Waals surface area contributed by atoms with Crippen molar-refractivity contribution in [2.24, 2.45) is 5.92 Å². The number of para-hydroxylation sites is 1. The van der Waals surface area contributed by atoms with E-state index in [1.165, 1.54) is 11.8 Å². The first kappa shape index (κ1) is 21.1. The number of fused-ring (bicyclic) bond motifs is 1. The first-order valence-electron chi connectivity index (χ1n) is 9.75. The summed E-state index contributed by atoms with van der Waals surface area (Å²) in [6, 6.07) is 14.4. The molecule has 5 nitrogen and oxygen atoms in total. The molecular weight excluding hydrogens is 384 g/mol. The second-order valence-electron chi connectivity index (χ2n) is 7.40. The summed E-state index contributed by atoms with van der Waals surface area (Å²) in [6.07, 6.45) is 0.869. The van der Waals surface area contributed by atoms with Crippen LogP contribution in [-0.2, 0) is 6.54 Å². The lowest BCUT2D eigenvalue weighted by Gasteiger charge is -2.17. The van der Waals surface area contributed by atoms with Crippen LogP contribution in [0.25, 0.3) is 10.9 Å². The van der Waals surface area contributed by atoms with Crippen LogP contribution in [0.5, 0.6) is 5.75 Å². The lowest BCUT2D eigenvalue weighted by Crippen LogP contribution is -2.25. The number of methoxy groups -OCH3 is 1. The smallest absolute Gasteiger partial charge is 0.262 e. The molecule has 3 rings (SSSR count). The predicted molar refractivity (Wildman–Crippen MR) is 118 cm³/mol. The highest BCUT2D eigenvalue weighted by Crippen LogP contribution is 2.26. The lowest BCUT2D eigenvalue weighted by atomic mass is 10.1. The quantitative estimate of drug-likeness (QED) is 0.303. The van der Waals surface area contributed by atoms with Crippen molar-refractivity contribution in [1.82, 2.24) is 9.55 Å². The van der Waals surface area contributed by atoms with Gasteiger partial charge in [0, 0.05) is 12.1 Å². The molecule has 1 heterocycles. The molecule has 0 radical (unpaired) electrons. The highest BCUT2D eigenvalue weighted by atomic mass is 32.2. The molecule has 152 valence electrons. The number of aromatic nitrogens is 2. The van der Waals surface area contributed by atoms with Gasteiger partial charge in [-0.05, 0) is 55.7 Å². The summed E-state index contributed by atoms with van der Waals surface area (Å²) < 4.78 is 6.87. The summed E-state index contributed by atoms with van der Waals surface area (Å²) >= 11 is 1.33. The minimum atomic E-state index is -0.373. The highest BCUT2D eigenvalue weighted by Gasteiger charge is 2.21. The fourth-order valence-electron chi connectivity index (χ4n) is 3.02. The zero-order valence-corrected chi connectivity index (χ0v) is 18.0. The van der Waals surface area contributed by atoms with Crippen LogP contribution in [-0.4, -0.2) is 27.7 Å². The van der Waals surface area contributed by atoms with Gasteiger partial charge in [0.25, 0.3) is 5.56 Å². The van der Waals surface area contributed by atoms with Gasteiger partial charge < -0.3 is 4.74 Å². The van der Waals surface area contributed by atoms with Crippen LogP contribution in [0.4, 0.5) is 0 Å². The van der Waals surface area contributed by atoms with Gasteiger partial charge in [0.15, 0.2) is 10.9 Å². The Bertz CT molecular complexity index is 1060. The number of Topliss-reactive ketones (excluding diaryl/α,β-unsaturated/α-hetero) is 1. The Morgan fingerprint density at radius 3 is 2.45 bits per heavy atom. The van der Waals surface area contributed by atoms with Crippen LogP contribution < -0.4 is 10.3 Å². The first-order valence-corrected chi connectivity index (χ1v) is 10.6. The maximum atomic E-state index is 13.1. The molecule has 0 aliphatic carbocycles. The molecule has 0 fully saturated rings. The Hall–Kier alpha value is -2.60. The van der Waals surface area contributed by atoms with Crippen LogP contribution in [0.1, 0.15) is 37.6 Å². The Labute approximate surface area is 175 Å². The number of carbonyl (C=O) groups is 1. The molecule has 0 unspecified atom stereocenters. The fourth-order valence-corrected chi connectivity index (χ4v) is 4.04. The second-order valence-corrected chi connectivity index (χ2v) is 8.71. The molecule has 0 aliphatic rings. The Kier molecular flexibility index (Phi) is 6.75. The maximum Gasteiger partial charge on any atom is 0.262 e. The summed E-state index contributed by atoms with van der Waals surface area (Å²) in [5.74, 6) is 1.17. The highest BCUT2D eigenvalue weighted by molar-refractivity contribution is 8.00. The van der Waals surface area contributed by atoms with E-state index in [0.29, 0.717) is 39.8 Å². The minimum absolute atomic E-state index is 0.00419. The van der Waals surface area contributed by atoms with E-state index in [1.807, 2.05) is 25.1 Å². The number of rotatable bonds is 8. The second kappa shape index (κ2) is 9.27. The third-order valence-corrected chi connectivity index (χ3v) is 5.87. The van der Waals surface area contributed by atoms with E-state index in [9.17, 15) is 9.59 Å². The monoisotopic (exact) mass is 410 g/mol. The number of benzene rings is 2. The summed E-state index contributed by atoms with van der Waals surface area (Å²) in [5, 5.41) is 0.820. The Morgan fingerprint density at radius 2 is 1.79 bits per heavy atom. The van der Waals surface area contributed by atoms with Crippen molar-refractivity contribution in [2.45, 2.75) is 44.1 Å². The van der Waals surface area contributed by atoms with Crippen molar-refractivity contribution >= 4 is 28.4 Å². The van der Waals surface area contributed by atoms with E-state index in [0.717, 1.165) is 6.42 Å². The third-order valence-electron chi connectivity index (χ3n) is 4.78. The van der Waals surface area contributed by atoms with Gasteiger partial charge in [-0.2, -0.15) is 0 Å². The van der Waals surface area contributed by atoms with Crippen molar-refractivity contribution < 1.29 is 9.53 Å². The third kappa shape index (κ3) is 4.88. The van der Waals surface area contributed by atoms with Gasteiger partial charge in [0.2, 0.25) is 0 Å². The molecular formula is C23H26N2O3S. The standard InChI is InChI=1S/C23H26N2O3S/c1-15(2)13-14-25-22(27)19-7-5-6-8-20(19)24-23(25)29-16(3)21(26)17-9-11-18(28-4)12-10-17/h5-12,15-16H,13-14H2,1-4H3/t16-/m0/s1. The van der Waals surface area contributed by atoms with E-state index in [-0.39, 0.29) is 16.6 Å². The maximum absolute atomic E-state index is 13.1. The predicted octanol–water partition coefficient (Wildman–Crippen LogP) is 4.81. The summed E-state index contributed by atoms with van der Waals surface area (Å²) in [7, 11) is 1.59.